The summed E-state index contributed by atoms with van der Waals surface area (Å²) < 4.78 is 10.8. The number of fused-ring (bicyclic) bond motifs is 1. The second-order valence-electron chi connectivity index (χ2n) is 6.39. The van der Waals surface area contributed by atoms with Gasteiger partial charge in [-0.15, -0.1) is 11.3 Å². The quantitative estimate of drug-likeness (QED) is 0.919. The lowest BCUT2D eigenvalue weighted by Gasteiger charge is -2.20. The molecule has 0 spiro atoms. The van der Waals surface area contributed by atoms with Crippen LogP contribution in [0.5, 0.6) is 0 Å². The van der Waals surface area contributed by atoms with Crippen LogP contribution < -0.4 is 5.32 Å². The maximum atomic E-state index is 11.6. The molecule has 1 aromatic heterocycles. The zero-order valence-electron chi connectivity index (χ0n) is 13.3. The zero-order chi connectivity index (χ0) is 15.5. The first-order valence-corrected chi connectivity index (χ1v) is 8.32. The average Bonchev–Trinajstić information content (AvgIpc) is 2.78. The van der Waals surface area contributed by atoms with Crippen molar-refractivity contribution < 1.29 is 14.3 Å². The molecule has 2 rings (SSSR count). The molecule has 1 atom stereocenters. The van der Waals surface area contributed by atoms with Crippen LogP contribution in [0.1, 0.15) is 55.0 Å². The van der Waals surface area contributed by atoms with Gasteiger partial charge in [0.2, 0.25) is 0 Å². The van der Waals surface area contributed by atoms with Gasteiger partial charge in [0.05, 0.1) is 6.10 Å². The van der Waals surface area contributed by atoms with Crippen molar-refractivity contribution in [2.24, 2.45) is 0 Å². The molecule has 1 amide bonds. The summed E-state index contributed by atoms with van der Waals surface area (Å²) in [4.78, 5) is 14.3. The SMILES string of the molecule is COC1CCCc2sc(CCNC(=O)OC(C)(C)C)cc21. The van der Waals surface area contributed by atoms with Gasteiger partial charge in [-0.25, -0.2) is 4.79 Å². The fourth-order valence-corrected chi connectivity index (χ4v) is 3.80. The molecule has 5 heteroatoms. The van der Waals surface area contributed by atoms with E-state index in [2.05, 4.69) is 11.4 Å². The van der Waals surface area contributed by atoms with E-state index < -0.39 is 5.60 Å². The number of thiophene rings is 1. The Morgan fingerprint density at radius 2 is 2.24 bits per heavy atom. The summed E-state index contributed by atoms with van der Waals surface area (Å²) in [5.74, 6) is 0. The number of amides is 1. The topological polar surface area (TPSA) is 47.6 Å². The Morgan fingerprint density at radius 1 is 1.48 bits per heavy atom. The Bertz CT molecular complexity index is 490. The molecule has 0 aliphatic heterocycles. The predicted molar refractivity (Wildman–Crippen MR) is 84.9 cm³/mol. The smallest absolute Gasteiger partial charge is 0.407 e. The fraction of sp³-hybridized carbons (Fsp3) is 0.688. The molecule has 0 aromatic carbocycles. The predicted octanol–water partition coefficient (Wildman–Crippen LogP) is 3.84. The van der Waals surface area contributed by atoms with Crippen molar-refractivity contribution in [2.75, 3.05) is 13.7 Å². The fourth-order valence-electron chi connectivity index (χ4n) is 2.54. The normalized spacial score (nSPS) is 18.2. The molecule has 1 unspecified atom stereocenters. The molecule has 118 valence electrons. The maximum Gasteiger partial charge on any atom is 0.407 e. The molecule has 0 fully saturated rings. The summed E-state index contributed by atoms with van der Waals surface area (Å²) in [7, 11) is 1.78. The Hall–Kier alpha value is -1.07. The lowest BCUT2D eigenvalue weighted by atomic mass is 9.96. The molecule has 1 N–H and O–H groups in total. The number of carbonyl (C=O) groups is 1. The second-order valence-corrected chi connectivity index (χ2v) is 7.61. The van der Waals surface area contributed by atoms with Gasteiger partial charge in [0, 0.05) is 23.4 Å². The van der Waals surface area contributed by atoms with Gasteiger partial charge in [-0.1, -0.05) is 0 Å². The van der Waals surface area contributed by atoms with E-state index in [9.17, 15) is 4.79 Å². The zero-order valence-corrected chi connectivity index (χ0v) is 14.1. The molecule has 1 aliphatic rings. The van der Waals surface area contributed by atoms with Gasteiger partial charge in [0.1, 0.15) is 5.60 Å². The molecule has 21 heavy (non-hydrogen) atoms. The Morgan fingerprint density at radius 3 is 2.90 bits per heavy atom. The van der Waals surface area contributed by atoms with E-state index in [1.54, 1.807) is 7.11 Å². The van der Waals surface area contributed by atoms with Crippen LogP contribution in [0.3, 0.4) is 0 Å². The van der Waals surface area contributed by atoms with Crippen molar-refractivity contribution in [3.8, 4) is 0 Å². The van der Waals surface area contributed by atoms with Crippen LogP contribution in [0.25, 0.3) is 0 Å². The molecule has 0 saturated heterocycles. The van der Waals surface area contributed by atoms with E-state index in [4.69, 9.17) is 9.47 Å². The maximum absolute atomic E-state index is 11.6. The molecule has 0 radical (unpaired) electrons. The number of alkyl carbamates (subject to hydrolysis) is 1. The van der Waals surface area contributed by atoms with Gasteiger partial charge < -0.3 is 14.8 Å². The number of nitrogens with one attached hydrogen (secondary N) is 1. The van der Waals surface area contributed by atoms with E-state index >= 15 is 0 Å². The second kappa shape index (κ2) is 6.79. The van der Waals surface area contributed by atoms with E-state index in [1.165, 1.54) is 21.7 Å². The third-order valence-electron chi connectivity index (χ3n) is 3.43. The summed E-state index contributed by atoms with van der Waals surface area (Å²) in [6.07, 6.45) is 4.19. The first kappa shape index (κ1) is 16.3. The largest absolute Gasteiger partial charge is 0.444 e. The molecule has 0 bridgehead atoms. The van der Waals surface area contributed by atoms with Gasteiger partial charge in [0.25, 0.3) is 0 Å². The molecule has 1 heterocycles. The van der Waals surface area contributed by atoms with E-state index in [0.717, 1.165) is 19.3 Å². The highest BCUT2D eigenvalue weighted by Crippen LogP contribution is 2.37. The van der Waals surface area contributed by atoms with Crippen LogP contribution in [-0.2, 0) is 22.3 Å². The van der Waals surface area contributed by atoms with E-state index in [1.807, 2.05) is 32.1 Å². The number of carbonyl (C=O) groups excluding carboxylic acids is 1. The first-order chi connectivity index (χ1) is 9.89. The summed E-state index contributed by atoms with van der Waals surface area (Å²) >= 11 is 1.85. The van der Waals surface area contributed by atoms with Crippen molar-refractivity contribution in [1.82, 2.24) is 5.32 Å². The van der Waals surface area contributed by atoms with Gasteiger partial charge in [-0.05, 0) is 58.1 Å². The Labute approximate surface area is 130 Å². The van der Waals surface area contributed by atoms with Gasteiger partial charge in [-0.2, -0.15) is 0 Å². The number of ether oxygens (including phenoxy) is 2. The van der Waals surface area contributed by atoms with Crippen LogP contribution in [0.4, 0.5) is 4.79 Å². The Balaban J connectivity index is 1.85. The summed E-state index contributed by atoms with van der Waals surface area (Å²) in [5.41, 5.74) is 0.902. The van der Waals surface area contributed by atoms with Gasteiger partial charge >= 0.3 is 6.09 Å². The number of hydrogen-bond acceptors (Lipinski definition) is 4. The highest BCUT2D eigenvalue weighted by Gasteiger charge is 2.22. The lowest BCUT2D eigenvalue weighted by Crippen LogP contribution is -2.33. The first-order valence-electron chi connectivity index (χ1n) is 7.50. The molecule has 0 saturated carbocycles. The van der Waals surface area contributed by atoms with Crippen molar-refractivity contribution in [2.45, 2.75) is 58.2 Å². The molecule has 4 nitrogen and oxygen atoms in total. The Kier molecular flexibility index (Phi) is 5.27. The van der Waals surface area contributed by atoms with Crippen LogP contribution in [-0.4, -0.2) is 25.3 Å². The van der Waals surface area contributed by atoms with E-state index in [-0.39, 0.29) is 12.2 Å². The van der Waals surface area contributed by atoms with Crippen LogP contribution in [0.2, 0.25) is 0 Å². The van der Waals surface area contributed by atoms with Crippen molar-refractivity contribution >= 4 is 17.4 Å². The lowest BCUT2D eigenvalue weighted by molar-refractivity contribution is 0.0528. The van der Waals surface area contributed by atoms with Crippen molar-refractivity contribution in [3.63, 3.8) is 0 Å². The van der Waals surface area contributed by atoms with Crippen LogP contribution in [0.15, 0.2) is 6.07 Å². The molecular formula is C16H25NO3S. The molecule has 1 aliphatic carbocycles. The summed E-state index contributed by atoms with van der Waals surface area (Å²) in [6.45, 7) is 6.20. The summed E-state index contributed by atoms with van der Waals surface area (Å²) in [6, 6.07) is 2.24. The average molecular weight is 311 g/mol. The highest BCUT2D eigenvalue weighted by atomic mass is 32.1. The standard InChI is InChI=1S/C16H25NO3S/c1-16(2,3)20-15(18)17-9-8-11-10-12-13(19-4)6-5-7-14(12)21-11/h10,13H,5-9H2,1-4H3,(H,17,18). The van der Waals surface area contributed by atoms with Crippen LogP contribution in [0, 0.1) is 0 Å². The molecule has 1 aromatic rings. The number of aryl methyl sites for hydroxylation is 1. The van der Waals surface area contributed by atoms with Crippen molar-refractivity contribution in [3.05, 3.63) is 21.4 Å². The van der Waals surface area contributed by atoms with Crippen molar-refractivity contribution in [1.29, 1.82) is 0 Å². The van der Waals surface area contributed by atoms with E-state index in [0.29, 0.717) is 6.54 Å². The van der Waals surface area contributed by atoms with Crippen LogP contribution >= 0.6 is 11.3 Å². The third kappa shape index (κ3) is 4.71. The monoisotopic (exact) mass is 311 g/mol. The molecular weight excluding hydrogens is 286 g/mol. The minimum absolute atomic E-state index is 0.248. The van der Waals surface area contributed by atoms with Gasteiger partial charge in [0.15, 0.2) is 0 Å². The number of hydrogen-bond donors (Lipinski definition) is 1. The number of methoxy groups -OCH3 is 1. The highest BCUT2D eigenvalue weighted by molar-refractivity contribution is 7.12. The van der Waals surface area contributed by atoms with Gasteiger partial charge in [-0.3, -0.25) is 0 Å². The summed E-state index contributed by atoms with van der Waals surface area (Å²) in [5, 5.41) is 2.81. The third-order valence-corrected chi connectivity index (χ3v) is 4.70. The number of rotatable bonds is 4. The minimum atomic E-state index is -0.447. The minimum Gasteiger partial charge on any atom is -0.444 e.